The average molecular weight is 366 g/mol. The number of aromatic nitrogens is 2. The van der Waals surface area contributed by atoms with Crippen molar-refractivity contribution in [3.05, 3.63) is 53.3 Å². The van der Waals surface area contributed by atoms with Crippen molar-refractivity contribution < 1.29 is 14.3 Å². The number of imidazole rings is 1. The van der Waals surface area contributed by atoms with Crippen LogP contribution in [0.2, 0.25) is 0 Å². The third kappa shape index (κ3) is 3.62. The van der Waals surface area contributed by atoms with Crippen molar-refractivity contribution in [3.63, 3.8) is 0 Å². The number of nitrogens with one attached hydrogen (secondary N) is 1. The van der Waals surface area contributed by atoms with E-state index in [2.05, 4.69) is 27.0 Å². The van der Waals surface area contributed by atoms with Gasteiger partial charge in [0.25, 0.3) is 5.91 Å². The van der Waals surface area contributed by atoms with Gasteiger partial charge < -0.3 is 14.0 Å². The molecule has 1 amide bonds. The van der Waals surface area contributed by atoms with E-state index in [9.17, 15) is 4.79 Å². The Hall–Kier alpha value is -3.35. The van der Waals surface area contributed by atoms with Crippen LogP contribution in [0.1, 0.15) is 28.7 Å². The van der Waals surface area contributed by atoms with E-state index in [-0.39, 0.29) is 5.91 Å². The van der Waals surface area contributed by atoms with Gasteiger partial charge in [-0.15, -0.1) is 0 Å². The first-order valence-electron chi connectivity index (χ1n) is 8.60. The number of nitrogens with zero attached hydrogens (tertiary/aromatic N) is 3. The van der Waals surface area contributed by atoms with E-state index in [0.29, 0.717) is 22.6 Å². The molecule has 0 fully saturated rings. The van der Waals surface area contributed by atoms with Crippen molar-refractivity contribution >= 4 is 23.2 Å². The van der Waals surface area contributed by atoms with Gasteiger partial charge in [-0.3, -0.25) is 4.79 Å². The Balaban J connectivity index is 1.78. The van der Waals surface area contributed by atoms with Gasteiger partial charge in [-0.1, -0.05) is 6.07 Å². The second-order valence-electron chi connectivity index (χ2n) is 5.89. The van der Waals surface area contributed by atoms with Crippen LogP contribution in [0.4, 0.5) is 0 Å². The van der Waals surface area contributed by atoms with Crippen molar-refractivity contribution in [1.82, 2.24) is 15.0 Å². The molecule has 0 saturated heterocycles. The minimum Gasteiger partial charge on any atom is -0.493 e. The first kappa shape index (κ1) is 18.4. The van der Waals surface area contributed by atoms with Gasteiger partial charge in [0.1, 0.15) is 5.82 Å². The predicted molar refractivity (Wildman–Crippen MR) is 105 cm³/mol. The average Bonchev–Trinajstić information content (AvgIpc) is 3.01. The van der Waals surface area contributed by atoms with Crippen molar-refractivity contribution in [2.24, 2.45) is 5.10 Å². The Morgan fingerprint density at radius 3 is 2.78 bits per heavy atom. The molecule has 0 aliphatic rings. The van der Waals surface area contributed by atoms with Gasteiger partial charge in [-0.2, -0.15) is 5.10 Å². The molecule has 0 aliphatic carbocycles. The summed E-state index contributed by atoms with van der Waals surface area (Å²) in [6, 6.07) is 10.9. The summed E-state index contributed by atoms with van der Waals surface area (Å²) < 4.78 is 12.7. The van der Waals surface area contributed by atoms with Crippen LogP contribution in [0.3, 0.4) is 0 Å². The summed E-state index contributed by atoms with van der Waals surface area (Å²) in [5.74, 6) is 1.77. The zero-order valence-corrected chi connectivity index (χ0v) is 15.8. The summed E-state index contributed by atoms with van der Waals surface area (Å²) in [7, 11) is 3.12. The number of benzene rings is 2. The maximum Gasteiger partial charge on any atom is 0.271 e. The molecule has 0 unspecified atom stereocenters. The number of amides is 1. The Morgan fingerprint density at radius 1 is 1.26 bits per heavy atom. The van der Waals surface area contributed by atoms with Gasteiger partial charge in [-0.05, 0) is 44.2 Å². The number of ether oxygens (including phenoxy) is 2. The minimum absolute atomic E-state index is 0.307. The second kappa shape index (κ2) is 7.90. The van der Waals surface area contributed by atoms with E-state index >= 15 is 0 Å². The molecule has 0 atom stereocenters. The SMILES string of the molecule is CCn1c(C)nc2cc(C(=O)N/N=C/c3cccc(OC)c3OC)ccc21. The van der Waals surface area contributed by atoms with Crippen molar-refractivity contribution in [3.8, 4) is 11.5 Å². The maximum atomic E-state index is 12.4. The fraction of sp³-hybridized carbons (Fsp3) is 0.250. The number of fused-ring (bicyclic) bond motifs is 1. The molecule has 0 spiro atoms. The van der Waals surface area contributed by atoms with Crippen molar-refractivity contribution in [1.29, 1.82) is 0 Å². The highest BCUT2D eigenvalue weighted by molar-refractivity contribution is 5.98. The molecule has 2 aromatic carbocycles. The lowest BCUT2D eigenvalue weighted by Crippen LogP contribution is -2.17. The molecule has 3 aromatic rings. The Bertz CT molecular complexity index is 1010. The highest BCUT2D eigenvalue weighted by Crippen LogP contribution is 2.29. The van der Waals surface area contributed by atoms with Crippen LogP contribution in [0.5, 0.6) is 11.5 Å². The van der Waals surface area contributed by atoms with Gasteiger partial charge in [0, 0.05) is 17.7 Å². The molecule has 1 N–H and O–H groups in total. The summed E-state index contributed by atoms with van der Waals surface area (Å²) >= 11 is 0. The Morgan fingerprint density at radius 2 is 2.07 bits per heavy atom. The van der Waals surface area contributed by atoms with Gasteiger partial charge in [-0.25, -0.2) is 10.4 Å². The van der Waals surface area contributed by atoms with Crippen LogP contribution in [-0.4, -0.2) is 35.9 Å². The molecule has 7 nitrogen and oxygen atoms in total. The third-order valence-electron chi connectivity index (χ3n) is 4.32. The topological polar surface area (TPSA) is 77.7 Å². The summed E-state index contributed by atoms with van der Waals surface area (Å²) in [4.78, 5) is 16.9. The zero-order chi connectivity index (χ0) is 19.4. The molecule has 1 heterocycles. The number of carbonyl (C=O) groups excluding carboxylic acids is 1. The number of rotatable bonds is 6. The lowest BCUT2D eigenvalue weighted by molar-refractivity contribution is 0.0955. The molecule has 140 valence electrons. The summed E-state index contributed by atoms with van der Waals surface area (Å²) in [5, 5.41) is 4.04. The highest BCUT2D eigenvalue weighted by Gasteiger charge is 2.11. The molecule has 0 saturated carbocycles. The Labute approximate surface area is 157 Å². The quantitative estimate of drug-likeness (QED) is 0.537. The number of methoxy groups -OCH3 is 2. The fourth-order valence-corrected chi connectivity index (χ4v) is 3.03. The fourth-order valence-electron chi connectivity index (χ4n) is 3.03. The van der Waals surface area contributed by atoms with Gasteiger partial charge in [0.2, 0.25) is 0 Å². The van der Waals surface area contributed by atoms with Crippen LogP contribution in [0.25, 0.3) is 11.0 Å². The van der Waals surface area contributed by atoms with Gasteiger partial charge >= 0.3 is 0 Å². The molecule has 0 aliphatic heterocycles. The third-order valence-corrected chi connectivity index (χ3v) is 4.32. The molecular weight excluding hydrogens is 344 g/mol. The molecule has 7 heteroatoms. The normalized spacial score (nSPS) is 11.1. The summed E-state index contributed by atoms with van der Waals surface area (Å²) in [6.07, 6.45) is 1.52. The van der Waals surface area contributed by atoms with Crippen molar-refractivity contribution in [2.45, 2.75) is 20.4 Å². The lowest BCUT2D eigenvalue weighted by Gasteiger charge is -2.09. The van der Waals surface area contributed by atoms with E-state index in [1.165, 1.54) is 6.21 Å². The molecule has 27 heavy (non-hydrogen) atoms. The number of para-hydroxylation sites is 1. The standard InChI is InChI=1S/C20H22N4O3/c1-5-24-13(2)22-16-11-14(9-10-17(16)24)20(25)23-21-12-15-7-6-8-18(26-3)19(15)27-4/h6-12H,5H2,1-4H3,(H,23,25)/b21-12+. The van der Waals surface area contributed by atoms with Crippen LogP contribution >= 0.6 is 0 Å². The number of aryl methyl sites for hydroxylation is 2. The largest absolute Gasteiger partial charge is 0.493 e. The van der Waals surface area contributed by atoms with Crippen LogP contribution in [0, 0.1) is 6.92 Å². The minimum atomic E-state index is -0.307. The second-order valence-corrected chi connectivity index (χ2v) is 5.89. The van der Waals surface area contributed by atoms with Gasteiger partial charge in [0.05, 0.1) is 31.5 Å². The first-order valence-corrected chi connectivity index (χ1v) is 8.60. The number of hydrazone groups is 1. The molecule has 1 aromatic heterocycles. The summed E-state index contributed by atoms with van der Waals surface area (Å²) in [6.45, 7) is 4.85. The van der Waals surface area contributed by atoms with E-state index in [1.807, 2.05) is 25.1 Å². The molecule has 3 rings (SSSR count). The van der Waals surface area contributed by atoms with E-state index in [4.69, 9.17) is 9.47 Å². The molecular formula is C20H22N4O3. The van der Waals surface area contributed by atoms with E-state index < -0.39 is 0 Å². The van der Waals surface area contributed by atoms with E-state index in [0.717, 1.165) is 23.4 Å². The number of carbonyl (C=O) groups is 1. The predicted octanol–water partition coefficient (Wildman–Crippen LogP) is 3.15. The van der Waals surface area contributed by atoms with Gasteiger partial charge in [0.15, 0.2) is 11.5 Å². The monoisotopic (exact) mass is 366 g/mol. The number of hydrogen-bond acceptors (Lipinski definition) is 5. The first-order chi connectivity index (χ1) is 13.1. The maximum absolute atomic E-state index is 12.4. The lowest BCUT2D eigenvalue weighted by atomic mass is 10.2. The van der Waals surface area contributed by atoms with Crippen LogP contribution in [0.15, 0.2) is 41.5 Å². The zero-order valence-electron chi connectivity index (χ0n) is 15.8. The Kier molecular flexibility index (Phi) is 5.40. The molecule has 0 radical (unpaired) electrons. The summed E-state index contributed by atoms with van der Waals surface area (Å²) in [5.41, 5.74) is 5.54. The smallest absolute Gasteiger partial charge is 0.271 e. The highest BCUT2D eigenvalue weighted by atomic mass is 16.5. The number of hydrogen-bond donors (Lipinski definition) is 1. The van der Waals surface area contributed by atoms with Crippen molar-refractivity contribution in [2.75, 3.05) is 14.2 Å². The van der Waals surface area contributed by atoms with Crippen LogP contribution in [-0.2, 0) is 6.54 Å². The van der Waals surface area contributed by atoms with E-state index in [1.54, 1.807) is 32.4 Å². The molecule has 0 bridgehead atoms. The van der Waals surface area contributed by atoms with Crippen LogP contribution < -0.4 is 14.9 Å².